The summed E-state index contributed by atoms with van der Waals surface area (Å²) in [6, 6.07) is 8.23. The van der Waals surface area contributed by atoms with Gasteiger partial charge in [-0.05, 0) is 32.1 Å². The molecule has 1 aromatic carbocycles. The summed E-state index contributed by atoms with van der Waals surface area (Å²) in [6.45, 7) is 10.4. The van der Waals surface area contributed by atoms with Crippen LogP contribution in [0.25, 0.3) is 38.6 Å². The lowest BCUT2D eigenvalue weighted by Crippen LogP contribution is -2.36. The molecule has 1 saturated heterocycles. The van der Waals surface area contributed by atoms with Crippen LogP contribution in [0.3, 0.4) is 0 Å². The summed E-state index contributed by atoms with van der Waals surface area (Å²) >= 11 is 1.74. The molecular weight excluding hydrogens is 422 g/mol. The minimum absolute atomic E-state index is 0.727. The first-order valence-corrected chi connectivity index (χ1v) is 11.3. The highest BCUT2D eigenvalue weighted by molar-refractivity contribution is 7.20. The van der Waals surface area contributed by atoms with Gasteiger partial charge in [-0.2, -0.15) is 5.10 Å². The number of ether oxygens (including phenoxy) is 2. The Balaban J connectivity index is 0.000000444. The highest BCUT2D eigenvalue weighted by Gasteiger charge is 2.20. The zero-order valence-electron chi connectivity index (χ0n) is 18.6. The Labute approximate surface area is 191 Å². The number of aromatic nitrogens is 4. The van der Waals surface area contributed by atoms with Gasteiger partial charge in [-0.3, -0.25) is 5.10 Å². The van der Waals surface area contributed by atoms with Crippen LogP contribution in [-0.2, 0) is 9.47 Å². The van der Waals surface area contributed by atoms with Gasteiger partial charge in [-0.25, -0.2) is 9.97 Å². The molecular formula is C24H27N5O2S. The summed E-state index contributed by atoms with van der Waals surface area (Å²) in [5.41, 5.74) is 2.97. The number of allylic oxidation sites excluding steroid dienone is 2. The number of hydrogen-bond donors (Lipinski definition) is 1. The summed E-state index contributed by atoms with van der Waals surface area (Å²) in [5, 5.41) is 8.24. The van der Waals surface area contributed by atoms with Crippen molar-refractivity contribution in [2.24, 2.45) is 0 Å². The van der Waals surface area contributed by atoms with E-state index < -0.39 is 0 Å². The number of aromatic amines is 1. The molecule has 1 fully saturated rings. The summed E-state index contributed by atoms with van der Waals surface area (Å²) < 4.78 is 11.2. The van der Waals surface area contributed by atoms with E-state index in [9.17, 15) is 0 Å². The van der Waals surface area contributed by atoms with Gasteiger partial charge in [0.15, 0.2) is 11.6 Å². The third-order valence-corrected chi connectivity index (χ3v) is 6.17. The molecule has 3 aromatic heterocycles. The third kappa shape index (κ3) is 4.66. The highest BCUT2D eigenvalue weighted by atomic mass is 32.1. The number of rotatable bonds is 4. The van der Waals surface area contributed by atoms with Crippen molar-refractivity contribution in [3.05, 3.63) is 53.8 Å². The number of benzene rings is 1. The second-order valence-corrected chi connectivity index (χ2v) is 8.46. The van der Waals surface area contributed by atoms with Crippen molar-refractivity contribution in [1.29, 1.82) is 0 Å². The highest BCUT2D eigenvalue weighted by Crippen LogP contribution is 2.36. The second-order valence-electron chi connectivity index (χ2n) is 7.38. The van der Waals surface area contributed by atoms with E-state index in [1.807, 2.05) is 25.3 Å². The summed E-state index contributed by atoms with van der Waals surface area (Å²) in [5.74, 6) is 2.49. The molecule has 0 saturated carbocycles. The van der Waals surface area contributed by atoms with Crippen LogP contribution in [0.1, 0.15) is 18.7 Å². The van der Waals surface area contributed by atoms with E-state index in [2.05, 4.69) is 50.7 Å². The molecule has 1 aliphatic heterocycles. The second kappa shape index (κ2) is 9.93. The first-order valence-electron chi connectivity index (χ1n) is 10.5. The maximum absolute atomic E-state index is 5.53. The minimum atomic E-state index is 0.727. The molecule has 7 nitrogen and oxygen atoms in total. The van der Waals surface area contributed by atoms with Crippen LogP contribution in [0.5, 0.6) is 0 Å². The Hall–Kier alpha value is -3.23. The summed E-state index contributed by atoms with van der Waals surface area (Å²) in [6.07, 6.45) is 6.01. The average Bonchev–Trinajstić information content (AvgIpc) is 3.46. The molecule has 32 heavy (non-hydrogen) atoms. The lowest BCUT2D eigenvalue weighted by molar-refractivity contribution is 0.122. The SMILES string of the molecule is C/C=C/c1cc2nc(-c3cccc4[nH]ncc34)nc(N3CCOCC3)c2s1.C=C(C)OC. The fraction of sp³-hybridized carbons (Fsp3) is 0.292. The Morgan fingerprint density at radius 2 is 2.06 bits per heavy atom. The van der Waals surface area contributed by atoms with Gasteiger partial charge in [0.05, 0.1) is 48.0 Å². The molecule has 0 unspecified atom stereocenters. The zero-order chi connectivity index (χ0) is 22.5. The number of nitrogens with zero attached hydrogens (tertiary/aromatic N) is 4. The van der Waals surface area contributed by atoms with Gasteiger partial charge in [0.25, 0.3) is 0 Å². The first kappa shape index (κ1) is 22.0. The van der Waals surface area contributed by atoms with Crippen molar-refractivity contribution in [1.82, 2.24) is 20.2 Å². The van der Waals surface area contributed by atoms with Crippen LogP contribution in [0.4, 0.5) is 5.82 Å². The van der Waals surface area contributed by atoms with E-state index in [1.54, 1.807) is 25.4 Å². The monoisotopic (exact) mass is 449 g/mol. The number of morpholine rings is 1. The van der Waals surface area contributed by atoms with Crippen LogP contribution in [0.2, 0.25) is 0 Å². The van der Waals surface area contributed by atoms with Crippen LogP contribution < -0.4 is 4.90 Å². The zero-order valence-corrected chi connectivity index (χ0v) is 19.4. The molecule has 1 N–H and O–H groups in total. The number of methoxy groups -OCH3 is 1. The molecule has 0 aliphatic carbocycles. The van der Waals surface area contributed by atoms with Crippen LogP contribution >= 0.6 is 11.3 Å². The van der Waals surface area contributed by atoms with E-state index >= 15 is 0 Å². The molecule has 0 bridgehead atoms. The van der Waals surface area contributed by atoms with Crippen LogP contribution in [-0.4, -0.2) is 53.6 Å². The van der Waals surface area contributed by atoms with Crippen molar-refractivity contribution in [2.75, 3.05) is 38.3 Å². The quantitative estimate of drug-likeness (QED) is 0.428. The fourth-order valence-electron chi connectivity index (χ4n) is 3.45. The third-order valence-electron chi connectivity index (χ3n) is 5.09. The number of anilines is 1. The molecule has 0 amide bonds. The van der Waals surface area contributed by atoms with Crippen LogP contribution in [0, 0.1) is 0 Å². The van der Waals surface area contributed by atoms with Gasteiger partial charge in [0.2, 0.25) is 0 Å². The normalized spacial score (nSPS) is 14.0. The lowest BCUT2D eigenvalue weighted by atomic mass is 10.1. The number of thiophene rings is 1. The van der Waals surface area contributed by atoms with Gasteiger partial charge in [0, 0.05) is 28.9 Å². The molecule has 4 aromatic rings. The van der Waals surface area contributed by atoms with Crippen molar-refractivity contribution < 1.29 is 9.47 Å². The molecule has 5 rings (SSSR count). The first-order chi connectivity index (χ1) is 15.6. The lowest BCUT2D eigenvalue weighted by Gasteiger charge is -2.28. The van der Waals surface area contributed by atoms with Gasteiger partial charge in [0.1, 0.15) is 0 Å². The number of fused-ring (bicyclic) bond motifs is 2. The molecule has 4 heterocycles. The van der Waals surface area contributed by atoms with Gasteiger partial charge < -0.3 is 14.4 Å². The number of H-pyrrole nitrogens is 1. The summed E-state index contributed by atoms with van der Waals surface area (Å²) in [7, 11) is 1.60. The Bertz CT molecular complexity index is 1250. The molecule has 166 valence electrons. The maximum Gasteiger partial charge on any atom is 0.162 e. The van der Waals surface area contributed by atoms with Gasteiger partial charge in [-0.15, -0.1) is 11.3 Å². The topological polar surface area (TPSA) is 76.2 Å². The van der Waals surface area contributed by atoms with E-state index in [0.29, 0.717) is 0 Å². The van der Waals surface area contributed by atoms with E-state index in [1.165, 1.54) is 4.88 Å². The molecule has 1 aliphatic rings. The van der Waals surface area contributed by atoms with Crippen LogP contribution in [0.15, 0.2) is 48.9 Å². The predicted molar refractivity (Wildman–Crippen MR) is 132 cm³/mol. The predicted octanol–water partition coefficient (Wildman–Crippen LogP) is 5.27. The van der Waals surface area contributed by atoms with E-state index in [0.717, 1.165) is 70.4 Å². The number of hydrogen-bond acceptors (Lipinski definition) is 7. The Kier molecular flexibility index (Phi) is 6.82. The van der Waals surface area contributed by atoms with Crippen molar-refractivity contribution >= 4 is 44.4 Å². The average molecular weight is 450 g/mol. The van der Waals surface area contributed by atoms with Crippen molar-refractivity contribution in [2.45, 2.75) is 13.8 Å². The van der Waals surface area contributed by atoms with Crippen molar-refractivity contribution in [3.63, 3.8) is 0 Å². The largest absolute Gasteiger partial charge is 0.502 e. The molecule has 0 radical (unpaired) electrons. The Morgan fingerprint density at radius 1 is 1.28 bits per heavy atom. The fourth-order valence-corrected chi connectivity index (χ4v) is 4.54. The van der Waals surface area contributed by atoms with Crippen molar-refractivity contribution in [3.8, 4) is 11.4 Å². The molecule has 0 spiro atoms. The smallest absolute Gasteiger partial charge is 0.162 e. The standard InChI is InChI=1S/C20H19N5OS.C4H8O/c1-2-4-13-11-17-18(27-13)20(25-7-9-26-10-8-25)23-19(22-17)14-5-3-6-16-15(14)12-21-24-16;1-4(2)5-3/h2-6,11-12H,7-10H2,1H3,(H,21,24);1H2,2-3H3/b4-2+;. The molecule has 0 atom stereocenters. The van der Waals surface area contributed by atoms with Gasteiger partial charge in [-0.1, -0.05) is 24.8 Å². The number of nitrogens with one attached hydrogen (secondary N) is 1. The Morgan fingerprint density at radius 3 is 2.78 bits per heavy atom. The summed E-state index contributed by atoms with van der Waals surface area (Å²) in [4.78, 5) is 13.4. The minimum Gasteiger partial charge on any atom is -0.502 e. The van der Waals surface area contributed by atoms with Gasteiger partial charge >= 0.3 is 0 Å². The van der Waals surface area contributed by atoms with E-state index in [4.69, 9.17) is 14.7 Å². The van der Waals surface area contributed by atoms with E-state index in [-0.39, 0.29) is 0 Å². The maximum atomic E-state index is 5.53. The molecule has 8 heteroatoms.